The number of non-ortho nitro benzene ring substituents is 1. The van der Waals surface area contributed by atoms with Crippen LogP contribution in [-0.2, 0) is 9.53 Å². The Morgan fingerprint density at radius 2 is 2.06 bits per heavy atom. The fourth-order valence-corrected chi connectivity index (χ4v) is 1.39. The van der Waals surface area contributed by atoms with Gasteiger partial charge in [-0.25, -0.2) is 0 Å². The van der Waals surface area contributed by atoms with E-state index in [0.29, 0.717) is 0 Å². The Hall–Kier alpha value is -2.51. The summed E-state index contributed by atoms with van der Waals surface area (Å²) < 4.78 is 4.78. The van der Waals surface area contributed by atoms with Crippen LogP contribution in [0.1, 0.15) is 18.6 Å². The first-order chi connectivity index (χ1) is 8.40. The third kappa shape index (κ3) is 3.81. The minimum atomic E-state index is -1.13. The number of rotatable bonds is 5. The highest BCUT2D eigenvalue weighted by molar-refractivity contribution is 5.66. The van der Waals surface area contributed by atoms with Crippen molar-refractivity contribution in [2.24, 2.45) is 0 Å². The van der Waals surface area contributed by atoms with Crippen LogP contribution in [0.2, 0.25) is 0 Å². The van der Waals surface area contributed by atoms with Crippen LogP contribution in [0.3, 0.4) is 0 Å². The Bertz CT molecular complexity index is 471. The minimum absolute atomic E-state index is 0.215. The molecular formula is C10H10N2O6. The lowest BCUT2D eigenvalue weighted by atomic mass is 10.1. The molecule has 8 nitrogen and oxygen atoms in total. The first-order valence-electron chi connectivity index (χ1n) is 4.93. The summed E-state index contributed by atoms with van der Waals surface area (Å²) in [6.07, 6.45) is -1.13. The largest absolute Gasteiger partial charge is 0.451 e. The van der Waals surface area contributed by atoms with Crippen molar-refractivity contribution in [1.82, 2.24) is 0 Å². The molecule has 0 radical (unpaired) electrons. The summed E-state index contributed by atoms with van der Waals surface area (Å²) in [5.74, 6) is -0.687. The van der Waals surface area contributed by atoms with Crippen LogP contribution in [0.25, 0.3) is 0 Å². The van der Waals surface area contributed by atoms with Gasteiger partial charge < -0.3 is 4.74 Å². The number of nitro benzene ring substituents is 1. The number of nitro groups is 2. The van der Waals surface area contributed by atoms with Crippen molar-refractivity contribution in [1.29, 1.82) is 0 Å². The standard InChI is InChI=1S/C10H10N2O6/c1-7(13)18-10(6-11(14)15)8-3-2-4-9(5-8)12(16)17/h2-5,10H,6H2,1H3. The number of hydrogen-bond acceptors (Lipinski definition) is 6. The number of esters is 1. The third-order valence-electron chi connectivity index (χ3n) is 2.08. The molecule has 0 saturated carbocycles. The quantitative estimate of drug-likeness (QED) is 0.446. The molecule has 0 heterocycles. The number of carbonyl (C=O) groups excluding carboxylic acids is 1. The highest BCUT2D eigenvalue weighted by Gasteiger charge is 2.22. The number of carbonyl (C=O) groups is 1. The summed E-state index contributed by atoms with van der Waals surface area (Å²) in [7, 11) is 0. The van der Waals surface area contributed by atoms with Gasteiger partial charge in [0.1, 0.15) is 0 Å². The van der Waals surface area contributed by atoms with Crippen LogP contribution in [0, 0.1) is 20.2 Å². The van der Waals surface area contributed by atoms with Crippen molar-refractivity contribution >= 4 is 11.7 Å². The Morgan fingerprint density at radius 1 is 1.39 bits per heavy atom. The molecule has 0 amide bonds. The van der Waals surface area contributed by atoms with Gasteiger partial charge in [-0.3, -0.25) is 25.0 Å². The maximum absolute atomic E-state index is 10.8. The maximum Gasteiger partial charge on any atom is 0.303 e. The third-order valence-corrected chi connectivity index (χ3v) is 2.08. The lowest BCUT2D eigenvalue weighted by Gasteiger charge is -2.12. The van der Waals surface area contributed by atoms with E-state index in [-0.39, 0.29) is 11.3 Å². The van der Waals surface area contributed by atoms with Gasteiger partial charge in [0.05, 0.1) is 4.92 Å². The van der Waals surface area contributed by atoms with Crippen molar-refractivity contribution in [2.75, 3.05) is 6.54 Å². The molecule has 0 aromatic heterocycles. The van der Waals surface area contributed by atoms with Crippen LogP contribution in [0.5, 0.6) is 0 Å². The molecule has 0 saturated heterocycles. The second kappa shape index (κ2) is 5.71. The Labute approximate surface area is 101 Å². The normalized spacial score (nSPS) is 11.6. The van der Waals surface area contributed by atoms with Gasteiger partial charge in [-0.1, -0.05) is 12.1 Å². The summed E-state index contributed by atoms with van der Waals surface area (Å²) in [6.45, 7) is 0.477. The molecule has 1 atom stereocenters. The summed E-state index contributed by atoms with van der Waals surface area (Å²) in [4.78, 5) is 30.6. The molecule has 1 aromatic carbocycles. The predicted molar refractivity (Wildman–Crippen MR) is 59.5 cm³/mol. The second-order valence-electron chi connectivity index (χ2n) is 3.47. The number of hydrogen-bond donors (Lipinski definition) is 0. The van der Waals surface area contributed by atoms with Crippen molar-refractivity contribution in [3.05, 3.63) is 50.1 Å². The van der Waals surface area contributed by atoms with Gasteiger partial charge in [-0.2, -0.15) is 0 Å². The highest BCUT2D eigenvalue weighted by Crippen LogP contribution is 2.22. The molecule has 8 heteroatoms. The Morgan fingerprint density at radius 3 is 2.56 bits per heavy atom. The van der Waals surface area contributed by atoms with E-state index >= 15 is 0 Å². The molecular weight excluding hydrogens is 244 g/mol. The van der Waals surface area contributed by atoms with Crippen molar-refractivity contribution < 1.29 is 19.4 Å². The summed E-state index contributed by atoms with van der Waals surface area (Å²) in [5, 5.41) is 21.0. The highest BCUT2D eigenvalue weighted by atomic mass is 16.6. The monoisotopic (exact) mass is 254 g/mol. The van der Waals surface area contributed by atoms with E-state index in [2.05, 4.69) is 0 Å². The van der Waals surface area contributed by atoms with Crippen molar-refractivity contribution in [2.45, 2.75) is 13.0 Å². The van der Waals surface area contributed by atoms with E-state index in [1.54, 1.807) is 0 Å². The van der Waals surface area contributed by atoms with Gasteiger partial charge in [-0.05, 0) is 0 Å². The van der Waals surface area contributed by atoms with E-state index in [1.165, 1.54) is 18.2 Å². The van der Waals surface area contributed by atoms with E-state index in [9.17, 15) is 25.0 Å². The second-order valence-corrected chi connectivity index (χ2v) is 3.47. The zero-order chi connectivity index (χ0) is 13.7. The molecule has 1 aromatic rings. The van der Waals surface area contributed by atoms with Crippen LogP contribution in [0.15, 0.2) is 24.3 Å². The maximum atomic E-state index is 10.8. The fraction of sp³-hybridized carbons (Fsp3) is 0.300. The van der Waals surface area contributed by atoms with Crippen LogP contribution in [0.4, 0.5) is 5.69 Å². The zero-order valence-corrected chi connectivity index (χ0v) is 9.44. The molecule has 0 aliphatic rings. The van der Waals surface area contributed by atoms with E-state index in [0.717, 1.165) is 13.0 Å². The van der Waals surface area contributed by atoms with Crippen molar-refractivity contribution in [3.8, 4) is 0 Å². The molecule has 0 spiro atoms. The van der Waals surface area contributed by atoms with E-state index < -0.39 is 28.5 Å². The summed E-state index contributed by atoms with van der Waals surface area (Å²) in [6, 6.07) is 5.21. The SMILES string of the molecule is CC(=O)OC(C[N+](=O)[O-])c1cccc([N+](=O)[O-])c1. The van der Waals surface area contributed by atoms with Gasteiger partial charge in [0.2, 0.25) is 6.54 Å². The van der Waals surface area contributed by atoms with E-state index in [4.69, 9.17) is 4.74 Å². The first-order valence-corrected chi connectivity index (χ1v) is 4.93. The summed E-state index contributed by atoms with van der Waals surface area (Å²) >= 11 is 0. The molecule has 0 aliphatic heterocycles. The lowest BCUT2D eigenvalue weighted by molar-refractivity contribution is -0.491. The average molecular weight is 254 g/mol. The van der Waals surface area contributed by atoms with Crippen molar-refractivity contribution in [3.63, 3.8) is 0 Å². The Balaban J connectivity index is 3.03. The minimum Gasteiger partial charge on any atom is -0.451 e. The molecule has 0 fully saturated rings. The molecule has 1 rings (SSSR count). The molecule has 0 aliphatic carbocycles. The van der Waals surface area contributed by atoms with E-state index in [1.807, 2.05) is 0 Å². The topological polar surface area (TPSA) is 113 Å². The smallest absolute Gasteiger partial charge is 0.303 e. The fourth-order valence-electron chi connectivity index (χ4n) is 1.39. The van der Waals surface area contributed by atoms with Gasteiger partial charge in [0.15, 0.2) is 6.10 Å². The number of benzene rings is 1. The van der Waals surface area contributed by atoms with Crippen LogP contribution < -0.4 is 0 Å². The molecule has 96 valence electrons. The number of nitrogens with zero attached hydrogens (tertiary/aromatic N) is 2. The van der Waals surface area contributed by atoms with Crippen LogP contribution >= 0.6 is 0 Å². The van der Waals surface area contributed by atoms with Crippen LogP contribution in [-0.4, -0.2) is 22.4 Å². The van der Waals surface area contributed by atoms with Gasteiger partial charge in [0.25, 0.3) is 5.69 Å². The lowest BCUT2D eigenvalue weighted by Crippen LogP contribution is -2.18. The predicted octanol–water partition coefficient (Wildman–Crippen LogP) is 1.48. The van der Waals surface area contributed by atoms with Gasteiger partial charge in [-0.15, -0.1) is 0 Å². The first kappa shape index (κ1) is 13.6. The molecule has 0 N–H and O–H groups in total. The zero-order valence-electron chi connectivity index (χ0n) is 9.44. The van der Waals surface area contributed by atoms with Gasteiger partial charge in [0, 0.05) is 29.5 Å². The summed E-state index contributed by atoms with van der Waals surface area (Å²) in [5.41, 5.74) is 0.00380. The average Bonchev–Trinajstić information content (AvgIpc) is 2.27. The number of ether oxygens (including phenoxy) is 1. The Kier molecular flexibility index (Phi) is 4.30. The molecule has 18 heavy (non-hydrogen) atoms. The molecule has 1 unspecified atom stereocenters. The van der Waals surface area contributed by atoms with Gasteiger partial charge >= 0.3 is 5.97 Å². The molecule has 0 bridgehead atoms.